The summed E-state index contributed by atoms with van der Waals surface area (Å²) in [6.45, 7) is 5.61. The van der Waals surface area contributed by atoms with Gasteiger partial charge in [0.2, 0.25) is 0 Å². The molecule has 0 amide bonds. The fourth-order valence-electron chi connectivity index (χ4n) is 1.92. The van der Waals surface area contributed by atoms with Crippen molar-refractivity contribution in [1.29, 1.82) is 0 Å². The summed E-state index contributed by atoms with van der Waals surface area (Å²) >= 11 is 1.60. The molecule has 0 fully saturated rings. The highest BCUT2D eigenvalue weighted by molar-refractivity contribution is 7.13. The molecule has 0 spiro atoms. The van der Waals surface area contributed by atoms with Gasteiger partial charge in [-0.15, -0.1) is 11.3 Å². The van der Waals surface area contributed by atoms with E-state index in [1.54, 1.807) is 18.3 Å². The monoisotopic (exact) mass is 294 g/mol. The molecule has 1 unspecified atom stereocenters. The molecule has 2 aromatic rings. The van der Waals surface area contributed by atoms with E-state index in [-0.39, 0.29) is 0 Å². The molecule has 0 saturated heterocycles. The zero-order valence-corrected chi connectivity index (χ0v) is 12.4. The molecule has 5 nitrogen and oxygen atoms in total. The SMILES string of the molecule is CCN(Cc1cc(-c2cccs2)on1)CC(C)C(=O)O. The smallest absolute Gasteiger partial charge is 0.307 e. The molecule has 0 bridgehead atoms. The van der Waals surface area contributed by atoms with Crippen LogP contribution in [0.5, 0.6) is 0 Å². The molecule has 0 aliphatic heterocycles. The van der Waals surface area contributed by atoms with E-state index < -0.39 is 11.9 Å². The fraction of sp³-hybridized carbons (Fsp3) is 0.429. The van der Waals surface area contributed by atoms with Crippen molar-refractivity contribution < 1.29 is 14.4 Å². The van der Waals surface area contributed by atoms with E-state index in [1.165, 1.54) is 0 Å². The molecule has 2 heterocycles. The Balaban J connectivity index is 1.99. The summed E-state index contributed by atoms with van der Waals surface area (Å²) in [5, 5.41) is 15.0. The number of aromatic nitrogens is 1. The van der Waals surface area contributed by atoms with Crippen LogP contribution in [0, 0.1) is 5.92 Å². The van der Waals surface area contributed by atoms with Crippen molar-refractivity contribution in [2.75, 3.05) is 13.1 Å². The van der Waals surface area contributed by atoms with E-state index in [4.69, 9.17) is 9.63 Å². The maximum Gasteiger partial charge on any atom is 0.307 e. The maximum absolute atomic E-state index is 10.9. The molecule has 0 radical (unpaired) electrons. The van der Waals surface area contributed by atoms with Gasteiger partial charge < -0.3 is 9.63 Å². The normalized spacial score (nSPS) is 12.8. The summed E-state index contributed by atoms with van der Waals surface area (Å²) in [6, 6.07) is 5.87. The van der Waals surface area contributed by atoms with E-state index >= 15 is 0 Å². The molecule has 2 aromatic heterocycles. The van der Waals surface area contributed by atoms with Gasteiger partial charge >= 0.3 is 5.97 Å². The topological polar surface area (TPSA) is 66.6 Å². The molecule has 2 rings (SSSR count). The lowest BCUT2D eigenvalue weighted by molar-refractivity contribution is -0.141. The van der Waals surface area contributed by atoms with Gasteiger partial charge in [-0.05, 0) is 18.0 Å². The van der Waals surface area contributed by atoms with Crippen LogP contribution in [0.3, 0.4) is 0 Å². The van der Waals surface area contributed by atoms with Crippen LogP contribution in [-0.4, -0.2) is 34.2 Å². The molecule has 6 heteroatoms. The summed E-state index contributed by atoms with van der Waals surface area (Å²) in [4.78, 5) is 14.0. The largest absolute Gasteiger partial charge is 0.481 e. The first-order valence-electron chi connectivity index (χ1n) is 6.54. The minimum absolute atomic E-state index is 0.390. The van der Waals surface area contributed by atoms with Crippen LogP contribution < -0.4 is 0 Å². The van der Waals surface area contributed by atoms with Gasteiger partial charge in [0.25, 0.3) is 0 Å². The van der Waals surface area contributed by atoms with Gasteiger partial charge in [0.15, 0.2) is 5.76 Å². The van der Waals surface area contributed by atoms with Gasteiger partial charge in [-0.2, -0.15) is 0 Å². The third kappa shape index (κ3) is 3.68. The standard InChI is InChI=1S/C14H18N2O3S/c1-3-16(8-10(2)14(17)18)9-11-7-12(19-15-11)13-5-4-6-20-13/h4-7,10H,3,8-9H2,1-2H3,(H,17,18). The highest BCUT2D eigenvalue weighted by Crippen LogP contribution is 2.25. The van der Waals surface area contributed by atoms with E-state index in [9.17, 15) is 4.79 Å². The molecule has 1 N–H and O–H groups in total. The summed E-state index contributed by atoms with van der Waals surface area (Å²) in [5.74, 6) is -0.404. The minimum atomic E-state index is -0.775. The first-order valence-corrected chi connectivity index (χ1v) is 7.42. The first-order chi connectivity index (χ1) is 9.60. The van der Waals surface area contributed by atoms with Gasteiger partial charge in [-0.25, -0.2) is 0 Å². The van der Waals surface area contributed by atoms with E-state index in [0.29, 0.717) is 13.1 Å². The summed E-state index contributed by atoms with van der Waals surface area (Å²) in [7, 11) is 0. The number of thiophene rings is 1. The van der Waals surface area contributed by atoms with Crippen LogP contribution in [0.4, 0.5) is 0 Å². The third-order valence-corrected chi connectivity index (χ3v) is 3.99. The Kier molecular flexibility index (Phi) is 4.92. The van der Waals surface area contributed by atoms with Crippen LogP contribution in [0.2, 0.25) is 0 Å². The molecule has 0 aromatic carbocycles. The summed E-state index contributed by atoms with van der Waals surface area (Å²) in [5.41, 5.74) is 0.827. The Morgan fingerprint density at radius 2 is 2.40 bits per heavy atom. The van der Waals surface area contributed by atoms with Gasteiger partial charge in [0.05, 0.1) is 16.5 Å². The average Bonchev–Trinajstić information content (AvgIpc) is 3.08. The van der Waals surface area contributed by atoms with Crippen molar-refractivity contribution in [1.82, 2.24) is 10.1 Å². The molecule has 1 atom stereocenters. The Hall–Kier alpha value is -1.66. The first kappa shape index (κ1) is 14.7. The lowest BCUT2D eigenvalue weighted by Gasteiger charge is -2.20. The van der Waals surface area contributed by atoms with Crippen molar-refractivity contribution >= 4 is 17.3 Å². The van der Waals surface area contributed by atoms with Gasteiger partial charge in [0, 0.05) is 19.2 Å². The number of hydrogen-bond donors (Lipinski definition) is 1. The predicted molar refractivity (Wildman–Crippen MR) is 77.6 cm³/mol. The number of aliphatic carboxylic acids is 1. The van der Waals surface area contributed by atoms with Crippen molar-refractivity contribution in [3.63, 3.8) is 0 Å². The zero-order valence-electron chi connectivity index (χ0n) is 11.6. The van der Waals surface area contributed by atoms with Crippen LogP contribution in [-0.2, 0) is 11.3 Å². The number of carbonyl (C=O) groups is 1. The Bertz CT molecular complexity index is 551. The average molecular weight is 294 g/mol. The Labute approximate surface area is 121 Å². The van der Waals surface area contributed by atoms with Crippen molar-refractivity contribution in [3.8, 4) is 10.6 Å². The lowest BCUT2D eigenvalue weighted by atomic mass is 10.1. The van der Waals surface area contributed by atoms with E-state index in [0.717, 1.165) is 22.9 Å². The quantitative estimate of drug-likeness (QED) is 0.850. The summed E-state index contributed by atoms with van der Waals surface area (Å²) in [6.07, 6.45) is 0. The Morgan fingerprint density at radius 1 is 1.60 bits per heavy atom. The third-order valence-electron chi connectivity index (χ3n) is 3.11. The molecule has 20 heavy (non-hydrogen) atoms. The second-order valence-corrected chi connectivity index (χ2v) is 5.67. The Morgan fingerprint density at radius 3 is 3.00 bits per heavy atom. The second kappa shape index (κ2) is 6.67. The zero-order chi connectivity index (χ0) is 14.5. The number of hydrogen-bond acceptors (Lipinski definition) is 5. The molecular formula is C14H18N2O3S. The summed E-state index contributed by atoms with van der Waals surface area (Å²) < 4.78 is 5.32. The highest BCUT2D eigenvalue weighted by Gasteiger charge is 2.17. The number of nitrogens with zero attached hydrogens (tertiary/aromatic N) is 2. The number of carboxylic acid groups (broad SMARTS) is 1. The minimum Gasteiger partial charge on any atom is -0.481 e. The van der Waals surface area contributed by atoms with Crippen LogP contribution in [0.25, 0.3) is 10.6 Å². The highest BCUT2D eigenvalue weighted by atomic mass is 32.1. The van der Waals surface area contributed by atoms with Crippen LogP contribution in [0.1, 0.15) is 19.5 Å². The predicted octanol–water partition coefficient (Wildman–Crippen LogP) is 2.95. The second-order valence-electron chi connectivity index (χ2n) is 4.73. The van der Waals surface area contributed by atoms with E-state index in [1.807, 2.05) is 30.5 Å². The van der Waals surface area contributed by atoms with Gasteiger partial charge in [0.1, 0.15) is 0 Å². The van der Waals surface area contributed by atoms with E-state index in [2.05, 4.69) is 10.1 Å². The van der Waals surface area contributed by atoms with Gasteiger partial charge in [-0.1, -0.05) is 25.1 Å². The molecule has 0 saturated carbocycles. The van der Waals surface area contributed by atoms with Gasteiger partial charge in [-0.3, -0.25) is 9.69 Å². The maximum atomic E-state index is 10.9. The molecule has 0 aliphatic carbocycles. The molecule has 0 aliphatic rings. The molecular weight excluding hydrogens is 276 g/mol. The van der Waals surface area contributed by atoms with Crippen LogP contribution >= 0.6 is 11.3 Å². The van der Waals surface area contributed by atoms with Crippen molar-refractivity contribution in [2.24, 2.45) is 5.92 Å². The van der Waals surface area contributed by atoms with Crippen LogP contribution in [0.15, 0.2) is 28.1 Å². The lowest BCUT2D eigenvalue weighted by Crippen LogP contribution is -2.31. The van der Waals surface area contributed by atoms with Crippen molar-refractivity contribution in [3.05, 3.63) is 29.3 Å². The fourth-order valence-corrected chi connectivity index (χ4v) is 2.59. The number of rotatable bonds is 7. The molecule has 108 valence electrons. The van der Waals surface area contributed by atoms with Crippen molar-refractivity contribution in [2.45, 2.75) is 20.4 Å². The number of carboxylic acids is 1.